The van der Waals surface area contributed by atoms with Crippen LogP contribution in [0.15, 0.2) is 35.0 Å². The van der Waals surface area contributed by atoms with Gasteiger partial charge in [0.2, 0.25) is 5.91 Å². The number of alkyl halides is 3. The van der Waals surface area contributed by atoms with E-state index in [0.717, 1.165) is 17.7 Å². The molecule has 0 bridgehead atoms. The third-order valence-electron chi connectivity index (χ3n) is 2.99. The van der Waals surface area contributed by atoms with Crippen molar-refractivity contribution in [3.05, 3.63) is 46.2 Å². The SMILES string of the molecule is CCCOc1ccc(C(F)(F)F)cc1NC(=O)Cc1ccsc1. The number of hydrogen-bond acceptors (Lipinski definition) is 3. The van der Waals surface area contributed by atoms with E-state index in [2.05, 4.69) is 5.32 Å². The first-order valence-corrected chi connectivity index (χ1v) is 7.99. The highest BCUT2D eigenvalue weighted by molar-refractivity contribution is 7.08. The maximum absolute atomic E-state index is 12.8. The predicted octanol–water partition coefficient (Wildman–Crippen LogP) is 4.74. The zero-order valence-electron chi connectivity index (χ0n) is 12.4. The highest BCUT2D eigenvalue weighted by Crippen LogP contribution is 2.35. The number of amides is 1. The average Bonchev–Trinajstić information content (AvgIpc) is 2.97. The largest absolute Gasteiger partial charge is 0.491 e. The molecular weight excluding hydrogens is 327 g/mol. The molecule has 1 N–H and O–H groups in total. The van der Waals surface area contributed by atoms with Gasteiger partial charge in [0.1, 0.15) is 5.75 Å². The van der Waals surface area contributed by atoms with Crippen LogP contribution in [-0.2, 0) is 17.4 Å². The van der Waals surface area contributed by atoms with E-state index in [4.69, 9.17) is 4.74 Å². The van der Waals surface area contributed by atoms with Crippen LogP contribution < -0.4 is 10.1 Å². The second-order valence-corrected chi connectivity index (χ2v) is 5.69. The van der Waals surface area contributed by atoms with Gasteiger partial charge in [0.05, 0.1) is 24.3 Å². The molecule has 0 radical (unpaired) electrons. The first-order chi connectivity index (χ1) is 10.9. The van der Waals surface area contributed by atoms with Gasteiger partial charge < -0.3 is 10.1 Å². The normalized spacial score (nSPS) is 11.3. The zero-order chi connectivity index (χ0) is 16.9. The van der Waals surface area contributed by atoms with Gasteiger partial charge in [-0.25, -0.2) is 0 Å². The fourth-order valence-electron chi connectivity index (χ4n) is 1.91. The second kappa shape index (κ2) is 7.50. The van der Waals surface area contributed by atoms with Crippen LogP contribution in [0.4, 0.5) is 18.9 Å². The molecule has 0 fully saturated rings. The van der Waals surface area contributed by atoms with Crippen molar-refractivity contribution >= 4 is 22.9 Å². The Kier molecular flexibility index (Phi) is 5.65. The van der Waals surface area contributed by atoms with Crippen LogP contribution >= 0.6 is 11.3 Å². The summed E-state index contributed by atoms with van der Waals surface area (Å²) in [4.78, 5) is 12.0. The molecule has 0 aliphatic carbocycles. The van der Waals surface area contributed by atoms with Crippen molar-refractivity contribution in [2.45, 2.75) is 25.9 Å². The van der Waals surface area contributed by atoms with Crippen LogP contribution in [0.5, 0.6) is 5.75 Å². The van der Waals surface area contributed by atoms with Gasteiger partial charge in [-0.1, -0.05) is 6.92 Å². The standard InChI is InChI=1S/C16H16F3NO2S/c1-2-6-22-14-4-3-12(16(17,18)19)9-13(14)20-15(21)8-11-5-7-23-10-11/h3-5,7,9-10H,2,6,8H2,1H3,(H,20,21). The number of nitrogens with one attached hydrogen (secondary N) is 1. The average molecular weight is 343 g/mol. The molecule has 3 nitrogen and oxygen atoms in total. The molecule has 23 heavy (non-hydrogen) atoms. The summed E-state index contributed by atoms with van der Waals surface area (Å²) >= 11 is 1.45. The fraction of sp³-hybridized carbons (Fsp3) is 0.312. The number of benzene rings is 1. The van der Waals surface area contributed by atoms with E-state index in [1.54, 1.807) is 6.07 Å². The first-order valence-electron chi connectivity index (χ1n) is 7.05. The van der Waals surface area contributed by atoms with Crippen molar-refractivity contribution in [2.75, 3.05) is 11.9 Å². The molecule has 1 amide bonds. The Bertz CT molecular complexity index is 654. The van der Waals surface area contributed by atoms with Gasteiger partial charge in [-0.2, -0.15) is 24.5 Å². The molecule has 2 rings (SSSR count). The zero-order valence-corrected chi connectivity index (χ0v) is 13.3. The first kappa shape index (κ1) is 17.3. The topological polar surface area (TPSA) is 38.3 Å². The molecule has 1 heterocycles. The van der Waals surface area contributed by atoms with Crippen LogP contribution in [0.25, 0.3) is 0 Å². The Hall–Kier alpha value is -2.02. The van der Waals surface area contributed by atoms with Crippen LogP contribution in [0.1, 0.15) is 24.5 Å². The minimum atomic E-state index is -4.48. The monoisotopic (exact) mass is 343 g/mol. The van der Waals surface area contributed by atoms with Gasteiger partial charge in [0.15, 0.2) is 0 Å². The van der Waals surface area contributed by atoms with E-state index in [1.165, 1.54) is 17.4 Å². The predicted molar refractivity (Wildman–Crippen MR) is 83.9 cm³/mol. The Morgan fingerprint density at radius 3 is 2.70 bits per heavy atom. The van der Waals surface area contributed by atoms with Crippen LogP contribution in [-0.4, -0.2) is 12.5 Å². The molecule has 0 atom stereocenters. The van der Waals surface area contributed by atoms with E-state index in [0.29, 0.717) is 13.0 Å². The van der Waals surface area contributed by atoms with E-state index in [9.17, 15) is 18.0 Å². The highest BCUT2D eigenvalue weighted by Gasteiger charge is 2.31. The lowest BCUT2D eigenvalue weighted by molar-refractivity contribution is -0.137. The molecule has 0 aliphatic heterocycles. The van der Waals surface area contributed by atoms with E-state index < -0.39 is 11.7 Å². The number of anilines is 1. The lowest BCUT2D eigenvalue weighted by Gasteiger charge is -2.15. The lowest BCUT2D eigenvalue weighted by atomic mass is 10.1. The maximum atomic E-state index is 12.8. The summed E-state index contributed by atoms with van der Waals surface area (Å²) < 4.78 is 43.9. The number of rotatable bonds is 6. The second-order valence-electron chi connectivity index (χ2n) is 4.91. The van der Waals surface area contributed by atoms with Gasteiger partial charge in [0, 0.05) is 0 Å². The molecule has 1 aromatic carbocycles. The number of carbonyl (C=O) groups is 1. The number of ether oxygens (including phenoxy) is 1. The van der Waals surface area contributed by atoms with E-state index in [-0.39, 0.29) is 23.8 Å². The Morgan fingerprint density at radius 2 is 2.09 bits per heavy atom. The Morgan fingerprint density at radius 1 is 1.30 bits per heavy atom. The van der Waals surface area contributed by atoms with Crippen molar-refractivity contribution in [3.8, 4) is 5.75 Å². The number of thiophene rings is 1. The van der Waals surface area contributed by atoms with E-state index in [1.807, 2.05) is 17.7 Å². The third-order valence-corrected chi connectivity index (χ3v) is 3.72. The summed E-state index contributed by atoms with van der Waals surface area (Å²) in [6, 6.07) is 4.87. The summed E-state index contributed by atoms with van der Waals surface area (Å²) in [7, 11) is 0. The number of hydrogen-bond donors (Lipinski definition) is 1. The molecule has 124 valence electrons. The van der Waals surface area contributed by atoms with Crippen molar-refractivity contribution < 1.29 is 22.7 Å². The molecular formula is C16H16F3NO2S. The van der Waals surface area contributed by atoms with Gasteiger partial charge in [-0.3, -0.25) is 4.79 Å². The summed E-state index contributed by atoms with van der Waals surface area (Å²) in [5.74, 6) is -0.150. The molecule has 0 aliphatic rings. The molecule has 0 saturated heterocycles. The van der Waals surface area contributed by atoms with Crippen LogP contribution in [0.3, 0.4) is 0 Å². The molecule has 0 spiro atoms. The van der Waals surface area contributed by atoms with Gasteiger partial charge >= 0.3 is 6.18 Å². The fourth-order valence-corrected chi connectivity index (χ4v) is 2.58. The quantitative estimate of drug-likeness (QED) is 0.823. The third kappa shape index (κ3) is 4.99. The molecule has 0 unspecified atom stereocenters. The summed E-state index contributed by atoms with van der Waals surface area (Å²) in [6.45, 7) is 2.25. The lowest BCUT2D eigenvalue weighted by Crippen LogP contribution is -2.16. The van der Waals surface area contributed by atoms with Crippen LogP contribution in [0, 0.1) is 0 Å². The molecule has 2 aromatic rings. The van der Waals surface area contributed by atoms with Gasteiger partial charge in [-0.15, -0.1) is 0 Å². The van der Waals surface area contributed by atoms with Crippen molar-refractivity contribution in [1.29, 1.82) is 0 Å². The summed E-state index contributed by atoms with van der Waals surface area (Å²) in [5, 5.41) is 6.17. The maximum Gasteiger partial charge on any atom is 0.416 e. The van der Waals surface area contributed by atoms with Crippen molar-refractivity contribution in [2.24, 2.45) is 0 Å². The molecule has 7 heteroatoms. The number of carbonyl (C=O) groups excluding carboxylic acids is 1. The van der Waals surface area contributed by atoms with Crippen molar-refractivity contribution in [1.82, 2.24) is 0 Å². The summed E-state index contributed by atoms with van der Waals surface area (Å²) in [5.41, 5.74) is 0.0242. The van der Waals surface area contributed by atoms with E-state index >= 15 is 0 Å². The van der Waals surface area contributed by atoms with Crippen LogP contribution in [0.2, 0.25) is 0 Å². The van der Waals surface area contributed by atoms with Crippen molar-refractivity contribution in [3.63, 3.8) is 0 Å². The number of halogens is 3. The minimum Gasteiger partial charge on any atom is -0.491 e. The Balaban J connectivity index is 2.20. The molecule has 1 aromatic heterocycles. The minimum absolute atomic E-state index is 0.0357. The van der Waals surface area contributed by atoms with Gasteiger partial charge in [-0.05, 0) is 47.0 Å². The van der Waals surface area contributed by atoms with Gasteiger partial charge in [0.25, 0.3) is 0 Å². The highest BCUT2D eigenvalue weighted by atomic mass is 32.1. The Labute approximate surface area is 136 Å². The smallest absolute Gasteiger partial charge is 0.416 e. The molecule has 0 saturated carbocycles. The summed E-state index contributed by atoms with van der Waals surface area (Å²) in [6.07, 6.45) is -3.66.